The second-order valence-corrected chi connectivity index (χ2v) is 8.07. The molecule has 1 atom stereocenters. The van der Waals surface area contributed by atoms with Crippen LogP contribution in [0.15, 0.2) is 75.9 Å². The van der Waals surface area contributed by atoms with Crippen LogP contribution in [0, 0.1) is 6.92 Å². The Kier molecular flexibility index (Phi) is 4.42. The van der Waals surface area contributed by atoms with Crippen LogP contribution < -0.4 is 10.3 Å². The first kappa shape index (κ1) is 18.9. The number of rotatable bonds is 2. The molecule has 1 aliphatic rings. The van der Waals surface area contributed by atoms with E-state index in [2.05, 4.69) is 0 Å². The van der Waals surface area contributed by atoms with Crippen molar-refractivity contribution in [2.24, 2.45) is 0 Å². The fourth-order valence-corrected chi connectivity index (χ4v) is 4.20. The van der Waals surface area contributed by atoms with Crippen LogP contribution in [0.25, 0.3) is 11.0 Å². The highest BCUT2D eigenvalue weighted by Gasteiger charge is 2.43. The van der Waals surface area contributed by atoms with E-state index in [-0.39, 0.29) is 17.1 Å². The van der Waals surface area contributed by atoms with Crippen molar-refractivity contribution in [3.05, 3.63) is 109 Å². The maximum absolute atomic E-state index is 13.4. The Morgan fingerprint density at radius 1 is 0.900 bits per heavy atom. The summed E-state index contributed by atoms with van der Waals surface area (Å²) in [6, 6.07) is 18.9. The zero-order valence-electron chi connectivity index (χ0n) is 15.9. The molecule has 4 aromatic rings. The van der Waals surface area contributed by atoms with Crippen molar-refractivity contribution in [1.82, 2.24) is 0 Å². The lowest BCUT2D eigenvalue weighted by molar-refractivity contribution is 0.0971. The van der Waals surface area contributed by atoms with Gasteiger partial charge in [-0.15, -0.1) is 0 Å². The molecule has 0 radical (unpaired) electrons. The molecule has 0 saturated carbocycles. The van der Waals surface area contributed by atoms with Gasteiger partial charge in [0.1, 0.15) is 5.58 Å². The van der Waals surface area contributed by atoms with Crippen molar-refractivity contribution in [1.29, 1.82) is 0 Å². The summed E-state index contributed by atoms with van der Waals surface area (Å²) in [6.07, 6.45) is 0. The summed E-state index contributed by atoms with van der Waals surface area (Å²) < 4.78 is 5.93. The number of amides is 1. The molecule has 2 heterocycles. The molecule has 0 N–H and O–H groups in total. The summed E-state index contributed by atoms with van der Waals surface area (Å²) in [5, 5.41) is 1.18. The number of carbonyl (C=O) groups excluding carboxylic acids is 1. The first-order chi connectivity index (χ1) is 14.5. The predicted molar refractivity (Wildman–Crippen MR) is 119 cm³/mol. The quantitative estimate of drug-likeness (QED) is 0.378. The Bertz CT molecular complexity index is 1380. The topological polar surface area (TPSA) is 50.5 Å². The fraction of sp³-hybridized carbons (Fsp3) is 0.0833. The first-order valence-corrected chi connectivity index (χ1v) is 10.1. The number of para-hydroxylation sites is 1. The van der Waals surface area contributed by atoms with Crippen LogP contribution in [-0.2, 0) is 0 Å². The Labute approximate surface area is 182 Å². The van der Waals surface area contributed by atoms with Gasteiger partial charge in [-0.3, -0.25) is 14.5 Å². The molecule has 1 aromatic heterocycles. The van der Waals surface area contributed by atoms with Gasteiger partial charge in [0.2, 0.25) is 5.76 Å². The minimum Gasteiger partial charge on any atom is -0.450 e. The third kappa shape index (κ3) is 2.83. The van der Waals surface area contributed by atoms with Crippen LogP contribution in [0.1, 0.15) is 33.3 Å². The van der Waals surface area contributed by atoms with Crippen LogP contribution in [0.3, 0.4) is 0 Å². The molecule has 0 fully saturated rings. The van der Waals surface area contributed by atoms with Crippen molar-refractivity contribution in [2.45, 2.75) is 13.0 Å². The number of hydrogen-bond donors (Lipinski definition) is 0. The summed E-state index contributed by atoms with van der Waals surface area (Å²) in [7, 11) is 0. The van der Waals surface area contributed by atoms with E-state index in [0.29, 0.717) is 37.8 Å². The van der Waals surface area contributed by atoms with Crippen LogP contribution in [0.4, 0.5) is 5.69 Å². The predicted octanol–water partition coefficient (Wildman–Crippen LogP) is 6.16. The van der Waals surface area contributed by atoms with Gasteiger partial charge in [0.05, 0.1) is 27.0 Å². The fourth-order valence-electron chi connectivity index (χ4n) is 3.89. The molecule has 148 valence electrons. The normalized spacial score (nSPS) is 15.6. The number of halogens is 2. The van der Waals surface area contributed by atoms with E-state index < -0.39 is 6.04 Å². The molecule has 0 spiro atoms. The van der Waals surface area contributed by atoms with Crippen molar-refractivity contribution in [3.8, 4) is 0 Å². The maximum Gasteiger partial charge on any atom is 0.295 e. The summed E-state index contributed by atoms with van der Waals surface area (Å²) in [5.74, 6) is -0.317. The lowest BCUT2D eigenvalue weighted by atomic mass is 9.98. The van der Waals surface area contributed by atoms with Gasteiger partial charge in [0, 0.05) is 5.69 Å². The number of aryl methyl sites for hydroxylation is 1. The molecule has 0 unspecified atom stereocenters. The maximum atomic E-state index is 13.4. The molecule has 1 amide bonds. The Morgan fingerprint density at radius 3 is 2.37 bits per heavy atom. The first-order valence-electron chi connectivity index (χ1n) is 9.36. The largest absolute Gasteiger partial charge is 0.450 e. The van der Waals surface area contributed by atoms with Crippen LogP contribution in [-0.4, -0.2) is 5.91 Å². The molecule has 0 aliphatic carbocycles. The third-order valence-corrected chi connectivity index (χ3v) is 6.09. The van der Waals surface area contributed by atoms with Gasteiger partial charge in [-0.2, -0.15) is 0 Å². The average molecular weight is 436 g/mol. The second-order valence-electron chi connectivity index (χ2n) is 7.26. The average Bonchev–Trinajstić information content (AvgIpc) is 3.04. The highest BCUT2D eigenvalue weighted by Crippen LogP contribution is 2.42. The molecule has 1 aliphatic heterocycles. The zero-order chi connectivity index (χ0) is 21.0. The zero-order valence-corrected chi connectivity index (χ0v) is 17.4. The lowest BCUT2D eigenvalue weighted by Gasteiger charge is -2.25. The SMILES string of the molecule is Cc1ccc(N2C(=O)c3oc4ccccc4c(=O)c3[C@H]2c2ccc(Cl)c(Cl)c2)cc1. The van der Waals surface area contributed by atoms with Crippen molar-refractivity contribution in [2.75, 3.05) is 4.90 Å². The highest BCUT2D eigenvalue weighted by molar-refractivity contribution is 6.42. The van der Waals surface area contributed by atoms with Crippen molar-refractivity contribution >= 4 is 45.8 Å². The van der Waals surface area contributed by atoms with Gasteiger partial charge >= 0.3 is 0 Å². The van der Waals surface area contributed by atoms with E-state index in [1.54, 1.807) is 47.4 Å². The standard InChI is InChI=1S/C24H15Cl2NO3/c1-13-6-9-15(10-7-13)27-21(14-8-11-17(25)18(26)12-14)20-22(28)16-4-2-3-5-19(16)30-23(20)24(27)29/h2-12,21H,1H3/t21-/m1/s1. The van der Waals surface area contributed by atoms with Gasteiger partial charge < -0.3 is 4.42 Å². The van der Waals surface area contributed by atoms with Crippen molar-refractivity contribution in [3.63, 3.8) is 0 Å². The Hall–Kier alpha value is -3.08. The molecular formula is C24H15Cl2NO3. The second kappa shape index (κ2) is 7.01. The molecule has 0 saturated heterocycles. The molecule has 0 bridgehead atoms. The minimum absolute atomic E-state index is 0.0512. The summed E-state index contributed by atoms with van der Waals surface area (Å²) in [6.45, 7) is 1.97. The highest BCUT2D eigenvalue weighted by atomic mass is 35.5. The molecule has 4 nitrogen and oxygen atoms in total. The van der Waals surface area contributed by atoms with E-state index >= 15 is 0 Å². The monoisotopic (exact) mass is 435 g/mol. The molecule has 5 rings (SSSR count). The lowest BCUT2D eigenvalue weighted by Crippen LogP contribution is -2.29. The number of benzene rings is 3. The van der Waals surface area contributed by atoms with Gasteiger partial charge in [-0.25, -0.2) is 0 Å². The molecule has 30 heavy (non-hydrogen) atoms. The summed E-state index contributed by atoms with van der Waals surface area (Å²) in [4.78, 5) is 28.5. The smallest absolute Gasteiger partial charge is 0.295 e. The van der Waals surface area contributed by atoms with Gasteiger partial charge in [-0.05, 0) is 48.9 Å². The van der Waals surface area contributed by atoms with E-state index in [1.807, 2.05) is 31.2 Å². The van der Waals surface area contributed by atoms with Gasteiger partial charge in [0.15, 0.2) is 5.43 Å². The molecule has 6 heteroatoms. The molecular weight excluding hydrogens is 421 g/mol. The van der Waals surface area contributed by atoms with E-state index in [4.69, 9.17) is 27.6 Å². The molecule has 3 aromatic carbocycles. The number of fused-ring (bicyclic) bond motifs is 2. The summed E-state index contributed by atoms with van der Waals surface area (Å²) in [5.41, 5.74) is 2.86. The van der Waals surface area contributed by atoms with Crippen LogP contribution in [0.2, 0.25) is 10.0 Å². The van der Waals surface area contributed by atoms with Gasteiger partial charge in [0.25, 0.3) is 5.91 Å². The van der Waals surface area contributed by atoms with Crippen LogP contribution >= 0.6 is 23.2 Å². The summed E-state index contributed by atoms with van der Waals surface area (Å²) >= 11 is 12.4. The number of anilines is 1. The minimum atomic E-state index is -0.675. The number of carbonyl (C=O) groups is 1. The Morgan fingerprint density at radius 2 is 1.63 bits per heavy atom. The van der Waals surface area contributed by atoms with E-state index in [0.717, 1.165) is 5.56 Å². The van der Waals surface area contributed by atoms with Crippen LogP contribution in [0.5, 0.6) is 0 Å². The van der Waals surface area contributed by atoms with E-state index in [1.165, 1.54) is 0 Å². The van der Waals surface area contributed by atoms with E-state index in [9.17, 15) is 9.59 Å². The Balaban J connectivity index is 1.82. The number of nitrogens with zero attached hydrogens (tertiary/aromatic N) is 1. The third-order valence-electron chi connectivity index (χ3n) is 5.35. The van der Waals surface area contributed by atoms with Crippen molar-refractivity contribution < 1.29 is 9.21 Å². The van der Waals surface area contributed by atoms with Gasteiger partial charge in [-0.1, -0.05) is 59.1 Å². The number of hydrogen-bond acceptors (Lipinski definition) is 3.